The van der Waals surface area contributed by atoms with Crippen LogP contribution in [-0.2, 0) is 20.7 Å². The standard InChI is InChI=1S/C19H18N2O5/c1-24-16-8-5-14(9-17(16)25-2)10-19(23)26-12-18(22)21-15-6-3-13(11-20)4-7-15/h3-9H,10,12H2,1-2H3,(H,21,22). The first-order chi connectivity index (χ1) is 12.5. The molecule has 1 N–H and O–H groups in total. The molecule has 0 aromatic heterocycles. The molecular formula is C19H18N2O5. The van der Waals surface area contributed by atoms with Crippen molar-refractivity contribution in [2.45, 2.75) is 6.42 Å². The van der Waals surface area contributed by atoms with Gasteiger partial charge in [-0.1, -0.05) is 6.07 Å². The molecule has 0 atom stereocenters. The average molecular weight is 354 g/mol. The Hall–Kier alpha value is -3.53. The topological polar surface area (TPSA) is 97.6 Å². The molecule has 0 unspecified atom stereocenters. The van der Waals surface area contributed by atoms with E-state index in [1.165, 1.54) is 14.2 Å². The molecule has 2 rings (SSSR count). The van der Waals surface area contributed by atoms with Crippen LogP contribution in [0.15, 0.2) is 42.5 Å². The molecule has 0 heterocycles. The van der Waals surface area contributed by atoms with Crippen LogP contribution in [0.25, 0.3) is 0 Å². The fourth-order valence-electron chi connectivity index (χ4n) is 2.18. The second-order valence-corrected chi connectivity index (χ2v) is 5.26. The molecular weight excluding hydrogens is 336 g/mol. The molecule has 7 heteroatoms. The zero-order valence-electron chi connectivity index (χ0n) is 14.4. The Kier molecular flexibility index (Phi) is 6.57. The number of rotatable bonds is 7. The van der Waals surface area contributed by atoms with Gasteiger partial charge in [0.1, 0.15) is 0 Å². The molecule has 2 aromatic rings. The molecule has 7 nitrogen and oxygen atoms in total. The summed E-state index contributed by atoms with van der Waals surface area (Å²) in [5.41, 5.74) is 1.69. The van der Waals surface area contributed by atoms with E-state index in [-0.39, 0.29) is 6.42 Å². The summed E-state index contributed by atoms with van der Waals surface area (Å²) in [5, 5.41) is 11.3. The van der Waals surface area contributed by atoms with E-state index < -0.39 is 18.5 Å². The van der Waals surface area contributed by atoms with Crippen LogP contribution in [0.1, 0.15) is 11.1 Å². The maximum absolute atomic E-state index is 11.9. The van der Waals surface area contributed by atoms with E-state index in [4.69, 9.17) is 19.5 Å². The number of hydrogen-bond donors (Lipinski definition) is 1. The lowest BCUT2D eigenvalue weighted by Gasteiger charge is -2.10. The SMILES string of the molecule is COc1ccc(CC(=O)OCC(=O)Nc2ccc(C#N)cc2)cc1OC. The number of nitrogens with zero attached hydrogens (tertiary/aromatic N) is 1. The van der Waals surface area contributed by atoms with E-state index in [9.17, 15) is 9.59 Å². The van der Waals surface area contributed by atoms with Crippen molar-refractivity contribution in [1.82, 2.24) is 0 Å². The number of nitrogens with one attached hydrogen (secondary N) is 1. The fraction of sp³-hybridized carbons (Fsp3) is 0.211. The van der Waals surface area contributed by atoms with Gasteiger partial charge in [-0.2, -0.15) is 5.26 Å². The average Bonchev–Trinajstić information content (AvgIpc) is 2.67. The predicted octanol–water partition coefficient (Wildman–Crippen LogP) is 2.30. The first-order valence-corrected chi connectivity index (χ1v) is 7.72. The van der Waals surface area contributed by atoms with E-state index in [1.807, 2.05) is 6.07 Å². The second kappa shape index (κ2) is 9.08. The van der Waals surface area contributed by atoms with Crippen molar-refractivity contribution in [2.75, 3.05) is 26.1 Å². The maximum atomic E-state index is 11.9. The summed E-state index contributed by atoms with van der Waals surface area (Å²) in [6.45, 7) is -0.397. The Bertz CT molecular complexity index is 825. The number of nitriles is 1. The first kappa shape index (κ1) is 18.8. The van der Waals surface area contributed by atoms with Crippen molar-refractivity contribution >= 4 is 17.6 Å². The summed E-state index contributed by atoms with van der Waals surface area (Å²) in [6, 6.07) is 13.4. The van der Waals surface area contributed by atoms with Gasteiger partial charge in [-0.15, -0.1) is 0 Å². The number of ether oxygens (including phenoxy) is 3. The molecule has 0 radical (unpaired) electrons. The quantitative estimate of drug-likeness (QED) is 0.766. The van der Waals surface area contributed by atoms with Crippen molar-refractivity contribution in [2.24, 2.45) is 0 Å². The lowest BCUT2D eigenvalue weighted by Crippen LogP contribution is -2.21. The Morgan fingerprint density at radius 1 is 1.04 bits per heavy atom. The van der Waals surface area contributed by atoms with Crippen molar-refractivity contribution in [3.63, 3.8) is 0 Å². The van der Waals surface area contributed by atoms with E-state index in [0.29, 0.717) is 28.3 Å². The minimum absolute atomic E-state index is 0.00446. The molecule has 2 aromatic carbocycles. The number of carbonyl (C=O) groups is 2. The summed E-state index contributed by atoms with van der Waals surface area (Å²) in [4.78, 5) is 23.7. The summed E-state index contributed by atoms with van der Waals surface area (Å²) in [7, 11) is 3.03. The molecule has 26 heavy (non-hydrogen) atoms. The summed E-state index contributed by atoms with van der Waals surface area (Å²) < 4.78 is 15.3. The molecule has 0 bridgehead atoms. The smallest absolute Gasteiger partial charge is 0.310 e. The molecule has 0 aliphatic carbocycles. The van der Waals surface area contributed by atoms with Crippen LogP contribution in [-0.4, -0.2) is 32.7 Å². The van der Waals surface area contributed by atoms with E-state index in [1.54, 1.807) is 42.5 Å². The van der Waals surface area contributed by atoms with Crippen LogP contribution >= 0.6 is 0 Å². The third-order valence-corrected chi connectivity index (χ3v) is 3.46. The lowest BCUT2D eigenvalue weighted by molar-refractivity contribution is -0.146. The van der Waals surface area contributed by atoms with E-state index in [0.717, 1.165) is 0 Å². The summed E-state index contributed by atoms with van der Waals surface area (Å²) >= 11 is 0. The molecule has 0 aliphatic rings. The van der Waals surface area contributed by atoms with E-state index in [2.05, 4.69) is 5.32 Å². The molecule has 0 saturated carbocycles. The monoisotopic (exact) mass is 354 g/mol. The number of anilines is 1. The minimum Gasteiger partial charge on any atom is -0.493 e. The number of amides is 1. The zero-order chi connectivity index (χ0) is 18.9. The molecule has 0 spiro atoms. The molecule has 0 saturated heterocycles. The van der Waals surface area contributed by atoms with Crippen LogP contribution in [0.5, 0.6) is 11.5 Å². The van der Waals surface area contributed by atoms with Crippen LogP contribution < -0.4 is 14.8 Å². The number of hydrogen-bond acceptors (Lipinski definition) is 6. The highest BCUT2D eigenvalue weighted by Crippen LogP contribution is 2.27. The minimum atomic E-state index is -0.535. The number of methoxy groups -OCH3 is 2. The Balaban J connectivity index is 1.84. The normalized spacial score (nSPS) is 9.73. The maximum Gasteiger partial charge on any atom is 0.310 e. The zero-order valence-corrected chi connectivity index (χ0v) is 14.4. The summed E-state index contributed by atoms with van der Waals surface area (Å²) in [6.07, 6.45) is 0.00446. The number of benzene rings is 2. The highest BCUT2D eigenvalue weighted by atomic mass is 16.5. The van der Waals surface area contributed by atoms with Crippen LogP contribution in [0.4, 0.5) is 5.69 Å². The summed E-state index contributed by atoms with van der Waals surface area (Å²) in [5.74, 6) is 0.0744. The number of esters is 1. The first-order valence-electron chi connectivity index (χ1n) is 7.72. The highest BCUT2D eigenvalue weighted by Gasteiger charge is 2.11. The lowest BCUT2D eigenvalue weighted by atomic mass is 10.1. The molecule has 0 fully saturated rings. The third-order valence-electron chi connectivity index (χ3n) is 3.46. The van der Waals surface area contributed by atoms with Gasteiger partial charge < -0.3 is 19.5 Å². The largest absolute Gasteiger partial charge is 0.493 e. The Morgan fingerprint density at radius 3 is 2.35 bits per heavy atom. The third kappa shape index (κ3) is 5.24. The van der Waals surface area contributed by atoms with Gasteiger partial charge >= 0.3 is 5.97 Å². The molecule has 134 valence electrons. The highest BCUT2D eigenvalue weighted by molar-refractivity contribution is 5.92. The van der Waals surface area contributed by atoms with Crippen LogP contribution in [0.3, 0.4) is 0 Å². The Labute approximate surface area is 151 Å². The van der Waals surface area contributed by atoms with E-state index >= 15 is 0 Å². The van der Waals surface area contributed by atoms with Gasteiger partial charge in [-0.3, -0.25) is 9.59 Å². The molecule has 0 aliphatic heterocycles. The fourth-order valence-corrected chi connectivity index (χ4v) is 2.18. The van der Waals surface area contributed by atoms with Crippen molar-refractivity contribution in [3.8, 4) is 17.6 Å². The van der Waals surface area contributed by atoms with Gasteiger partial charge in [-0.25, -0.2) is 0 Å². The van der Waals surface area contributed by atoms with Gasteiger partial charge in [0.05, 0.1) is 32.3 Å². The molecule has 1 amide bonds. The van der Waals surface area contributed by atoms with Gasteiger partial charge in [0.25, 0.3) is 5.91 Å². The second-order valence-electron chi connectivity index (χ2n) is 5.26. The van der Waals surface area contributed by atoms with Crippen molar-refractivity contribution in [1.29, 1.82) is 5.26 Å². The van der Waals surface area contributed by atoms with Gasteiger partial charge in [0.2, 0.25) is 0 Å². The van der Waals surface area contributed by atoms with Gasteiger partial charge in [0.15, 0.2) is 18.1 Å². The predicted molar refractivity (Wildman–Crippen MR) is 94.0 cm³/mol. The van der Waals surface area contributed by atoms with Crippen LogP contribution in [0.2, 0.25) is 0 Å². The number of carbonyl (C=O) groups excluding carboxylic acids is 2. The Morgan fingerprint density at radius 2 is 1.73 bits per heavy atom. The van der Waals surface area contributed by atoms with Gasteiger partial charge in [0, 0.05) is 5.69 Å². The van der Waals surface area contributed by atoms with Gasteiger partial charge in [-0.05, 0) is 42.0 Å². The van der Waals surface area contributed by atoms with Crippen LogP contribution in [0, 0.1) is 11.3 Å². The van der Waals surface area contributed by atoms with Crippen molar-refractivity contribution in [3.05, 3.63) is 53.6 Å². The van der Waals surface area contributed by atoms with Crippen molar-refractivity contribution < 1.29 is 23.8 Å².